The van der Waals surface area contributed by atoms with Gasteiger partial charge in [0.05, 0.1) is 23.7 Å². The minimum Gasteiger partial charge on any atom is -0.493 e. The minimum absolute atomic E-state index is 0.132. The normalized spacial score (nSPS) is 14.3. The zero-order chi connectivity index (χ0) is 28.2. The second kappa shape index (κ2) is 12.2. The lowest BCUT2D eigenvalue weighted by Crippen LogP contribution is -2.35. The topological polar surface area (TPSA) is 56.6 Å². The number of benzene rings is 4. The van der Waals surface area contributed by atoms with Crippen molar-refractivity contribution in [1.29, 1.82) is 0 Å². The predicted octanol–water partition coefficient (Wildman–Crippen LogP) is 6.97. The van der Waals surface area contributed by atoms with Crippen LogP contribution in [0, 0.1) is 0 Å². The largest absolute Gasteiger partial charge is 0.493 e. The smallest absolute Gasteiger partial charge is 0.265 e. The molecule has 2 heterocycles. The van der Waals surface area contributed by atoms with Crippen molar-refractivity contribution in [3.8, 4) is 28.3 Å². The molecule has 7 heteroatoms. The van der Waals surface area contributed by atoms with Crippen LogP contribution in [0.25, 0.3) is 27.7 Å². The fourth-order valence-electron chi connectivity index (χ4n) is 5.55. The molecule has 208 valence electrons. The molecule has 0 bridgehead atoms. The molecule has 1 aliphatic rings. The van der Waals surface area contributed by atoms with E-state index in [1.165, 1.54) is 5.56 Å². The molecule has 0 atom stereocenters. The van der Waals surface area contributed by atoms with Crippen molar-refractivity contribution in [3.05, 3.63) is 118 Å². The number of nitrogens with zero attached hydrogens (tertiary/aromatic N) is 3. The van der Waals surface area contributed by atoms with Crippen molar-refractivity contribution in [2.24, 2.45) is 0 Å². The summed E-state index contributed by atoms with van der Waals surface area (Å²) in [7, 11) is 1.61. The number of fused-ring (bicyclic) bond motifs is 1. The van der Waals surface area contributed by atoms with Gasteiger partial charge in [-0.2, -0.15) is 0 Å². The van der Waals surface area contributed by atoms with Crippen LogP contribution in [0.2, 0.25) is 5.02 Å². The molecule has 0 aliphatic carbocycles. The summed E-state index contributed by atoms with van der Waals surface area (Å²) in [6.07, 6.45) is 3.83. The van der Waals surface area contributed by atoms with E-state index in [-0.39, 0.29) is 5.56 Å². The molecule has 1 fully saturated rings. The Balaban J connectivity index is 1.10. The molecule has 1 aliphatic heterocycles. The predicted molar refractivity (Wildman–Crippen MR) is 165 cm³/mol. The number of hydrogen-bond donors (Lipinski definition) is 0. The molecule has 1 saturated heterocycles. The highest BCUT2D eigenvalue weighted by atomic mass is 35.5. The van der Waals surface area contributed by atoms with Gasteiger partial charge in [0.25, 0.3) is 5.56 Å². The van der Waals surface area contributed by atoms with Gasteiger partial charge in [-0.1, -0.05) is 60.1 Å². The molecule has 0 spiro atoms. The quantitative estimate of drug-likeness (QED) is 0.203. The molecule has 4 aromatic carbocycles. The van der Waals surface area contributed by atoms with Gasteiger partial charge in [-0.05, 0) is 84.9 Å². The molecule has 0 amide bonds. The van der Waals surface area contributed by atoms with Crippen molar-refractivity contribution >= 4 is 22.5 Å². The van der Waals surface area contributed by atoms with E-state index >= 15 is 0 Å². The van der Waals surface area contributed by atoms with Gasteiger partial charge in [0, 0.05) is 17.6 Å². The Kier molecular flexibility index (Phi) is 8.03. The van der Waals surface area contributed by atoms with Crippen LogP contribution in [0.15, 0.2) is 102 Å². The number of rotatable bonds is 8. The molecule has 6 rings (SSSR count). The fourth-order valence-corrected chi connectivity index (χ4v) is 5.68. The Bertz CT molecular complexity index is 1700. The third kappa shape index (κ3) is 5.99. The van der Waals surface area contributed by atoms with Gasteiger partial charge >= 0.3 is 0 Å². The highest BCUT2D eigenvalue weighted by molar-refractivity contribution is 6.30. The standard InChI is InChI=1S/C34H32ClN3O3/c1-40-33-22-29(38-23-36-31-21-27(9-13-30(31)34(38)39)24-5-3-2-4-6-24)12-14-32(33)41-20-19-37-17-15-26(16-18-37)25-7-10-28(35)11-8-25/h2-14,21-23,26H,15-20H2,1H3. The van der Waals surface area contributed by atoms with Gasteiger partial charge in [-0.25, -0.2) is 4.98 Å². The monoisotopic (exact) mass is 565 g/mol. The summed E-state index contributed by atoms with van der Waals surface area (Å²) in [4.78, 5) is 20.4. The maximum absolute atomic E-state index is 13.4. The number of likely N-dealkylation sites (tertiary alicyclic amines) is 1. The van der Waals surface area contributed by atoms with Crippen LogP contribution in [0.1, 0.15) is 24.3 Å². The first kappa shape index (κ1) is 27.1. The van der Waals surface area contributed by atoms with Gasteiger partial charge in [0.2, 0.25) is 0 Å². The van der Waals surface area contributed by atoms with Gasteiger partial charge < -0.3 is 9.47 Å². The molecular formula is C34H32ClN3O3. The molecule has 1 aromatic heterocycles. The van der Waals surface area contributed by atoms with Crippen LogP contribution >= 0.6 is 11.6 Å². The van der Waals surface area contributed by atoms with Crippen LogP contribution < -0.4 is 15.0 Å². The van der Waals surface area contributed by atoms with E-state index < -0.39 is 0 Å². The molecule has 0 saturated carbocycles. The van der Waals surface area contributed by atoms with Crippen LogP contribution in [-0.2, 0) is 0 Å². The molecule has 5 aromatic rings. The molecule has 0 N–H and O–H groups in total. The molecule has 0 radical (unpaired) electrons. The van der Waals surface area contributed by atoms with Crippen molar-refractivity contribution < 1.29 is 9.47 Å². The average Bonchev–Trinajstić information content (AvgIpc) is 3.02. The van der Waals surface area contributed by atoms with E-state index in [1.807, 2.05) is 78.9 Å². The second-order valence-electron chi connectivity index (χ2n) is 10.4. The van der Waals surface area contributed by atoms with E-state index in [2.05, 4.69) is 22.0 Å². The number of ether oxygens (including phenoxy) is 2. The fraction of sp³-hybridized carbons (Fsp3) is 0.235. The molecular weight excluding hydrogens is 534 g/mol. The zero-order valence-electron chi connectivity index (χ0n) is 23.0. The first-order chi connectivity index (χ1) is 20.1. The van der Waals surface area contributed by atoms with Crippen LogP contribution in [0.4, 0.5) is 0 Å². The number of piperidine rings is 1. The minimum atomic E-state index is -0.132. The molecule has 6 nitrogen and oxygen atoms in total. The first-order valence-corrected chi connectivity index (χ1v) is 14.3. The van der Waals surface area contributed by atoms with Crippen molar-refractivity contribution in [2.75, 3.05) is 33.4 Å². The van der Waals surface area contributed by atoms with Crippen molar-refractivity contribution in [2.45, 2.75) is 18.8 Å². The van der Waals surface area contributed by atoms with E-state index in [9.17, 15) is 4.79 Å². The number of aromatic nitrogens is 2. The Labute approximate surface area is 244 Å². The molecule has 0 unspecified atom stereocenters. The highest BCUT2D eigenvalue weighted by Crippen LogP contribution is 2.31. The summed E-state index contributed by atoms with van der Waals surface area (Å²) in [5.74, 6) is 1.81. The third-order valence-electron chi connectivity index (χ3n) is 7.89. The van der Waals surface area contributed by atoms with Crippen molar-refractivity contribution in [3.63, 3.8) is 0 Å². The number of halogens is 1. The van der Waals surface area contributed by atoms with Crippen LogP contribution in [-0.4, -0.2) is 47.8 Å². The summed E-state index contributed by atoms with van der Waals surface area (Å²) in [5, 5.41) is 1.34. The zero-order valence-corrected chi connectivity index (χ0v) is 23.8. The van der Waals surface area contributed by atoms with Gasteiger partial charge in [0.15, 0.2) is 11.5 Å². The second-order valence-corrected chi connectivity index (χ2v) is 10.8. The van der Waals surface area contributed by atoms with E-state index in [0.29, 0.717) is 40.6 Å². The lowest BCUT2D eigenvalue weighted by molar-refractivity contribution is 0.171. The summed E-state index contributed by atoms with van der Waals surface area (Å²) >= 11 is 6.04. The van der Waals surface area contributed by atoms with E-state index in [0.717, 1.165) is 48.6 Å². The van der Waals surface area contributed by atoms with Gasteiger partial charge in [-0.15, -0.1) is 0 Å². The van der Waals surface area contributed by atoms with Crippen LogP contribution in [0.5, 0.6) is 11.5 Å². The number of methoxy groups -OCH3 is 1. The number of hydrogen-bond acceptors (Lipinski definition) is 5. The van der Waals surface area contributed by atoms with Crippen LogP contribution in [0.3, 0.4) is 0 Å². The molecule has 41 heavy (non-hydrogen) atoms. The SMILES string of the molecule is COc1cc(-n2cnc3cc(-c4ccccc4)ccc3c2=O)ccc1OCCN1CCC(c2ccc(Cl)cc2)CC1. The summed E-state index contributed by atoms with van der Waals surface area (Å²) in [6.45, 7) is 3.48. The Morgan fingerprint density at radius 1 is 0.878 bits per heavy atom. The maximum Gasteiger partial charge on any atom is 0.265 e. The van der Waals surface area contributed by atoms with E-state index in [1.54, 1.807) is 18.0 Å². The maximum atomic E-state index is 13.4. The van der Waals surface area contributed by atoms with Gasteiger partial charge in [0.1, 0.15) is 12.9 Å². The highest BCUT2D eigenvalue weighted by Gasteiger charge is 2.20. The third-order valence-corrected chi connectivity index (χ3v) is 8.14. The Hall–Kier alpha value is -4.13. The summed E-state index contributed by atoms with van der Waals surface area (Å²) in [5.41, 5.74) is 4.68. The van der Waals surface area contributed by atoms with E-state index in [4.69, 9.17) is 21.1 Å². The van der Waals surface area contributed by atoms with Crippen molar-refractivity contribution in [1.82, 2.24) is 14.5 Å². The first-order valence-electron chi connectivity index (χ1n) is 13.9. The lowest BCUT2D eigenvalue weighted by atomic mass is 9.89. The summed E-state index contributed by atoms with van der Waals surface area (Å²) in [6, 6.07) is 29.6. The average molecular weight is 566 g/mol. The van der Waals surface area contributed by atoms with Gasteiger partial charge in [-0.3, -0.25) is 14.3 Å². The Morgan fingerprint density at radius 3 is 2.41 bits per heavy atom. The summed E-state index contributed by atoms with van der Waals surface area (Å²) < 4.78 is 13.3. The lowest BCUT2D eigenvalue weighted by Gasteiger charge is -2.32. The Morgan fingerprint density at radius 2 is 1.66 bits per heavy atom.